The summed E-state index contributed by atoms with van der Waals surface area (Å²) in [6.07, 6.45) is 0. The Morgan fingerprint density at radius 3 is 2.42 bits per heavy atom. The quantitative estimate of drug-likeness (QED) is 0.365. The van der Waals surface area contributed by atoms with E-state index < -0.39 is 15.7 Å². The van der Waals surface area contributed by atoms with E-state index in [2.05, 4.69) is 9.98 Å². The van der Waals surface area contributed by atoms with E-state index in [1.54, 1.807) is 0 Å². The van der Waals surface area contributed by atoms with Gasteiger partial charge in [0.05, 0.1) is 4.90 Å². The van der Waals surface area contributed by atoms with Gasteiger partial charge < -0.3 is 0 Å². The van der Waals surface area contributed by atoms with Crippen LogP contribution in [0.15, 0.2) is 39.1 Å². The van der Waals surface area contributed by atoms with Crippen molar-refractivity contribution >= 4 is 44.5 Å². The third-order valence-corrected chi connectivity index (χ3v) is 3.65. The summed E-state index contributed by atoms with van der Waals surface area (Å²) in [5, 5.41) is 1.02. The van der Waals surface area contributed by atoms with Gasteiger partial charge in [0.2, 0.25) is 10.9 Å². The van der Waals surface area contributed by atoms with Crippen LogP contribution in [0.5, 0.6) is 0 Å². The summed E-state index contributed by atoms with van der Waals surface area (Å²) in [4.78, 5) is 7.40. The van der Waals surface area contributed by atoms with Crippen molar-refractivity contribution < 1.29 is 13.0 Å². The van der Waals surface area contributed by atoms with Gasteiger partial charge in [-0.2, -0.15) is 13.4 Å². The average Bonchev–Trinajstić information content (AvgIpc) is 2.33. The Kier molecular flexibility index (Phi) is 3.79. The van der Waals surface area contributed by atoms with Crippen molar-refractivity contribution in [1.29, 1.82) is 0 Å². The lowest BCUT2D eigenvalue weighted by molar-refractivity contribution is 0.412. The molecule has 102 valence electrons. The minimum absolute atomic E-state index is 0.0597. The second-order valence-electron chi connectivity index (χ2n) is 3.55. The van der Waals surface area contributed by atoms with E-state index in [1.807, 2.05) is 0 Å². The first-order chi connectivity index (χ1) is 8.79. The van der Waals surface area contributed by atoms with Gasteiger partial charge in [-0.05, 0) is 35.9 Å². The van der Waals surface area contributed by atoms with Crippen LogP contribution in [-0.4, -0.2) is 34.7 Å². The number of halogens is 2. The summed E-state index contributed by atoms with van der Waals surface area (Å²) in [6.45, 7) is 0. The summed E-state index contributed by atoms with van der Waals surface area (Å²) >= 11 is 11.5. The molecule has 1 aromatic rings. The highest BCUT2D eigenvalue weighted by Gasteiger charge is 2.23. The Labute approximate surface area is 119 Å². The Bertz CT molecular complexity index is 657. The number of aliphatic imine (C=N–C) groups is 2. The van der Waals surface area contributed by atoms with Crippen LogP contribution in [0.3, 0.4) is 0 Å². The van der Waals surface area contributed by atoms with Crippen LogP contribution in [0.4, 0.5) is 0 Å². The molecule has 2 rings (SSSR count). The van der Waals surface area contributed by atoms with Crippen LogP contribution in [-0.2, 0) is 10.1 Å². The number of nitrogens with two attached hydrogens (primary N) is 1. The zero-order chi connectivity index (χ0) is 14.2. The molecule has 0 spiro atoms. The second-order valence-corrected chi connectivity index (χ2v) is 5.70. The number of alkyl halides is 1. The average molecular weight is 323 g/mol. The fourth-order valence-corrected chi connectivity index (χ4v) is 2.30. The smallest absolute Gasteiger partial charge is 0.282 e. The summed E-state index contributed by atoms with van der Waals surface area (Å²) in [5.41, 5.74) is -0.421. The fraction of sp³-hybridized carbons (Fsp3) is 0.111. The molecule has 0 saturated heterocycles. The predicted molar refractivity (Wildman–Crippen MR) is 71.7 cm³/mol. The maximum absolute atomic E-state index is 10.9. The van der Waals surface area contributed by atoms with Gasteiger partial charge in [0, 0.05) is 5.56 Å². The molecule has 1 aliphatic heterocycles. The molecular formula is C9H8Cl2N4O3S. The third-order valence-electron chi connectivity index (χ3n) is 2.30. The van der Waals surface area contributed by atoms with Gasteiger partial charge in [0.1, 0.15) is 0 Å². The highest BCUT2D eigenvalue weighted by atomic mass is 35.5. The van der Waals surface area contributed by atoms with E-state index in [1.165, 1.54) is 24.3 Å². The van der Waals surface area contributed by atoms with Gasteiger partial charge >= 0.3 is 0 Å². The van der Waals surface area contributed by atoms with Crippen molar-refractivity contribution in [1.82, 2.24) is 5.01 Å². The molecule has 0 aromatic heterocycles. The molecule has 0 saturated carbocycles. The molecule has 1 unspecified atom stereocenters. The van der Waals surface area contributed by atoms with Gasteiger partial charge in [-0.25, -0.2) is 10.8 Å². The second kappa shape index (κ2) is 5.06. The van der Waals surface area contributed by atoms with E-state index in [9.17, 15) is 8.42 Å². The SMILES string of the molecule is NN1C(c2ccc(S(=O)(=O)O)cc2)=NC(Cl)=NC1Cl. The van der Waals surface area contributed by atoms with E-state index >= 15 is 0 Å². The molecule has 0 amide bonds. The van der Waals surface area contributed by atoms with Gasteiger partial charge in [-0.15, -0.1) is 0 Å². The molecule has 1 heterocycles. The molecule has 1 aliphatic rings. The molecule has 1 atom stereocenters. The summed E-state index contributed by atoms with van der Waals surface area (Å²) in [7, 11) is -4.25. The minimum atomic E-state index is -4.25. The number of amidine groups is 2. The molecule has 0 bridgehead atoms. The van der Waals surface area contributed by atoms with Crippen molar-refractivity contribution in [3.05, 3.63) is 29.8 Å². The van der Waals surface area contributed by atoms with Crippen molar-refractivity contribution in [2.45, 2.75) is 10.5 Å². The van der Waals surface area contributed by atoms with Gasteiger partial charge in [-0.3, -0.25) is 9.56 Å². The van der Waals surface area contributed by atoms with Crippen molar-refractivity contribution in [2.24, 2.45) is 15.8 Å². The number of benzene rings is 1. The molecule has 0 aliphatic carbocycles. The van der Waals surface area contributed by atoms with Crippen LogP contribution in [0, 0.1) is 0 Å². The van der Waals surface area contributed by atoms with Crippen molar-refractivity contribution in [3.63, 3.8) is 0 Å². The number of hydrogen-bond donors (Lipinski definition) is 2. The zero-order valence-corrected chi connectivity index (χ0v) is 11.6. The number of rotatable bonds is 2. The Morgan fingerprint density at radius 1 is 1.32 bits per heavy atom. The lowest BCUT2D eigenvalue weighted by atomic mass is 10.2. The molecule has 0 fully saturated rings. The van der Waals surface area contributed by atoms with Crippen molar-refractivity contribution in [2.75, 3.05) is 0 Å². The fourth-order valence-electron chi connectivity index (χ4n) is 1.41. The highest BCUT2D eigenvalue weighted by Crippen LogP contribution is 2.17. The van der Waals surface area contributed by atoms with Crippen molar-refractivity contribution in [3.8, 4) is 0 Å². The molecule has 19 heavy (non-hydrogen) atoms. The van der Waals surface area contributed by atoms with Crippen LogP contribution >= 0.6 is 23.2 Å². The maximum Gasteiger partial charge on any atom is 0.294 e. The van der Waals surface area contributed by atoms with E-state index in [0.29, 0.717) is 5.56 Å². The normalized spacial score (nSPS) is 20.0. The summed E-state index contributed by atoms with van der Waals surface area (Å²) in [6, 6.07) is 5.26. The lowest BCUT2D eigenvalue weighted by Crippen LogP contribution is -2.45. The molecule has 1 aromatic carbocycles. The summed E-state index contributed by atoms with van der Waals surface area (Å²) < 4.78 is 30.7. The van der Waals surface area contributed by atoms with Crippen LogP contribution in [0.25, 0.3) is 0 Å². The van der Waals surface area contributed by atoms with Gasteiger partial charge in [-0.1, -0.05) is 11.6 Å². The lowest BCUT2D eigenvalue weighted by Gasteiger charge is -2.25. The number of hydrogen-bond acceptors (Lipinski definition) is 6. The molecule has 3 N–H and O–H groups in total. The van der Waals surface area contributed by atoms with E-state index in [-0.39, 0.29) is 16.0 Å². The Balaban J connectivity index is 2.41. The standard InChI is InChI=1S/C9H8Cl2N4O3S/c10-8-13-7(15(12)9(11)14-8)5-1-3-6(4-2-5)19(16,17)18/h1-4,9H,12H2,(H,16,17,18). The van der Waals surface area contributed by atoms with E-state index in [0.717, 1.165) is 5.01 Å². The maximum atomic E-state index is 10.9. The van der Waals surface area contributed by atoms with E-state index in [4.69, 9.17) is 33.6 Å². The molecule has 10 heteroatoms. The largest absolute Gasteiger partial charge is 0.294 e. The first-order valence-electron chi connectivity index (χ1n) is 4.87. The minimum Gasteiger partial charge on any atom is -0.282 e. The number of nitrogens with zero attached hydrogens (tertiary/aromatic N) is 3. The van der Waals surface area contributed by atoms with Crippen LogP contribution in [0.2, 0.25) is 0 Å². The first kappa shape index (κ1) is 14.2. The Morgan fingerprint density at radius 2 is 1.89 bits per heavy atom. The monoisotopic (exact) mass is 322 g/mol. The topological polar surface area (TPSA) is 108 Å². The first-order valence-corrected chi connectivity index (χ1v) is 7.12. The molecule has 7 nitrogen and oxygen atoms in total. The number of hydrazine groups is 1. The molecular weight excluding hydrogens is 315 g/mol. The zero-order valence-electron chi connectivity index (χ0n) is 9.23. The Hall–Kier alpha value is -1.19. The highest BCUT2D eigenvalue weighted by molar-refractivity contribution is 7.85. The van der Waals surface area contributed by atoms with Crippen LogP contribution < -0.4 is 5.84 Å². The predicted octanol–water partition coefficient (Wildman–Crippen LogP) is 0.986. The van der Waals surface area contributed by atoms with Crippen LogP contribution in [0.1, 0.15) is 5.56 Å². The van der Waals surface area contributed by atoms with Gasteiger partial charge in [0.15, 0.2) is 5.84 Å². The summed E-state index contributed by atoms with van der Waals surface area (Å²) in [5.74, 6) is 5.92. The third kappa shape index (κ3) is 3.04. The molecule has 0 radical (unpaired) electrons. The van der Waals surface area contributed by atoms with Gasteiger partial charge in [0.25, 0.3) is 10.1 Å².